The van der Waals surface area contributed by atoms with E-state index in [4.69, 9.17) is 0 Å². The van der Waals surface area contributed by atoms with Gasteiger partial charge in [-0.15, -0.1) is 0 Å². The van der Waals surface area contributed by atoms with Gasteiger partial charge in [-0.2, -0.15) is 0 Å². The van der Waals surface area contributed by atoms with Gasteiger partial charge in [-0.1, -0.05) is 25.1 Å². The van der Waals surface area contributed by atoms with Gasteiger partial charge in [-0.25, -0.2) is 4.79 Å². The highest BCUT2D eigenvalue weighted by molar-refractivity contribution is 6.04. The molecule has 26 heavy (non-hydrogen) atoms. The van der Waals surface area contributed by atoms with E-state index in [0.29, 0.717) is 5.69 Å². The number of carbonyl (C=O) groups excluding carboxylic acids is 2. The van der Waals surface area contributed by atoms with Crippen LogP contribution < -0.4 is 21.9 Å². The van der Waals surface area contributed by atoms with E-state index in [1.54, 1.807) is 12.1 Å². The van der Waals surface area contributed by atoms with Gasteiger partial charge in [0.25, 0.3) is 5.56 Å². The number of para-hydroxylation sites is 1. The fraction of sp³-hybridized carbons (Fsp3) is 0.333. The summed E-state index contributed by atoms with van der Waals surface area (Å²) in [7, 11) is 2.80. The molecule has 1 atom stereocenters. The van der Waals surface area contributed by atoms with Crippen LogP contribution >= 0.6 is 0 Å². The molecule has 0 saturated carbocycles. The number of fused-ring (bicyclic) bond motifs is 1. The zero-order valence-electron chi connectivity index (χ0n) is 14.8. The van der Waals surface area contributed by atoms with Gasteiger partial charge >= 0.3 is 5.69 Å². The van der Waals surface area contributed by atoms with Crippen molar-refractivity contribution in [3.63, 3.8) is 0 Å². The first-order valence-electron chi connectivity index (χ1n) is 8.33. The topological polar surface area (TPSA) is 102 Å². The predicted octanol–water partition coefficient (Wildman–Crippen LogP) is 0.711. The van der Waals surface area contributed by atoms with E-state index in [1.807, 2.05) is 19.1 Å². The maximum atomic E-state index is 12.9. The lowest BCUT2D eigenvalue weighted by Gasteiger charge is -2.26. The molecule has 8 heteroatoms. The molecule has 0 unspecified atom stereocenters. The molecule has 2 heterocycles. The first-order valence-corrected chi connectivity index (χ1v) is 8.33. The summed E-state index contributed by atoms with van der Waals surface area (Å²) < 4.78 is 2.12. The third-order valence-corrected chi connectivity index (χ3v) is 4.67. The summed E-state index contributed by atoms with van der Waals surface area (Å²) in [5.74, 6) is -1.74. The lowest BCUT2D eigenvalue weighted by atomic mass is 9.92. The molecule has 3 rings (SSSR count). The highest BCUT2D eigenvalue weighted by Crippen LogP contribution is 2.30. The number of nitrogens with one attached hydrogen (secondary N) is 2. The molecule has 0 fully saturated rings. The fourth-order valence-electron chi connectivity index (χ4n) is 3.20. The Hall–Kier alpha value is -3.16. The predicted molar refractivity (Wildman–Crippen MR) is 97.4 cm³/mol. The number of aryl methyl sites for hydroxylation is 1. The lowest BCUT2D eigenvalue weighted by Crippen LogP contribution is -2.45. The highest BCUT2D eigenvalue weighted by atomic mass is 16.2. The minimum Gasteiger partial charge on any atom is -0.325 e. The Kier molecular flexibility index (Phi) is 4.50. The third-order valence-electron chi connectivity index (χ3n) is 4.67. The first kappa shape index (κ1) is 17.7. The standard InChI is InChI=1S/C18H20N4O4/c1-4-10-7-5-6-8-12(10)19-16(24)11-9-13(23)20-15-14(11)17(25)22(3)18(26)21(15)2/h5-8,11H,4,9H2,1-3H3,(H,19,24)(H,20,23)/t11-/m1/s1. The molecule has 2 N–H and O–H groups in total. The maximum absolute atomic E-state index is 12.9. The molecule has 1 aromatic heterocycles. The van der Waals surface area contributed by atoms with Crippen molar-refractivity contribution in [2.45, 2.75) is 25.7 Å². The molecule has 0 spiro atoms. The number of nitrogens with zero attached hydrogens (tertiary/aromatic N) is 2. The Labute approximate surface area is 149 Å². The van der Waals surface area contributed by atoms with Gasteiger partial charge in [0.15, 0.2) is 0 Å². The van der Waals surface area contributed by atoms with Crippen LogP contribution in [0.1, 0.15) is 30.4 Å². The zero-order valence-corrected chi connectivity index (χ0v) is 14.8. The van der Waals surface area contributed by atoms with Crippen molar-refractivity contribution < 1.29 is 9.59 Å². The second-order valence-corrected chi connectivity index (χ2v) is 6.27. The summed E-state index contributed by atoms with van der Waals surface area (Å²) in [6.07, 6.45) is 0.578. The SMILES string of the molecule is CCc1ccccc1NC(=O)[C@@H]1CC(=O)Nc2c1c(=O)n(C)c(=O)n2C. The normalized spacial score (nSPS) is 16.0. The van der Waals surface area contributed by atoms with Crippen molar-refractivity contribution in [1.29, 1.82) is 0 Å². The van der Waals surface area contributed by atoms with E-state index in [0.717, 1.165) is 16.6 Å². The largest absolute Gasteiger partial charge is 0.332 e. The number of carbonyl (C=O) groups is 2. The molecule has 1 aromatic carbocycles. The second kappa shape index (κ2) is 6.62. The Morgan fingerprint density at radius 3 is 2.58 bits per heavy atom. The molecule has 136 valence electrons. The van der Waals surface area contributed by atoms with Crippen LogP contribution in [0.2, 0.25) is 0 Å². The van der Waals surface area contributed by atoms with Gasteiger partial charge in [0.2, 0.25) is 11.8 Å². The Morgan fingerprint density at radius 1 is 1.19 bits per heavy atom. The summed E-state index contributed by atoms with van der Waals surface area (Å²) in [6, 6.07) is 7.36. The molecular weight excluding hydrogens is 336 g/mol. The number of benzene rings is 1. The lowest BCUT2D eigenvalue weighted by molar-refractivity contribution is -0.123. The van der Waals surface area contributed by atoms with E-state index in [1.165, 1.54) is 18.7 Å². The first-order chi connectivity index (χ1) is 12.3. The average molecular weight is 356 g/mol. The number of rotatable bonds is 3. The number of aromatic nitrogens is 2. The quantitative estimate of drug-likeness (QED) is 0.845. The minimum atomic E-state index is -0.964. The van der Waals surface area contributed by atoms with Crippen LogP contribution in [0, 0.1) is 0 Å². The highest BCUT2D eigenvalue weighted by Gasteiger charge is 2.36. The summed E-state index contributed by atoms with van der Waals surface area (Å²) in [6.45, 7) is 1.97. The van der Waals surface area contributed by atoms with Crippen molar-refractivity contribution in [2.75, 3.05) is 10.6 Å². The Morgan fingerprint density at radius 2 is 1.88 bits per heavy atom. The number of hydrogen-bond donors (Lipinski definition) is 2. The molecular formula is C18H20N4O4. The number of amides is 2. The molecule has 1 aliphatic rings. The summed E-state index contributed by atoms with van der Waals surface area (Å²) in [5.41, 5.74) is 0.586. The van der Waals surface area contributed by atoms with Gasteiger partial charge in [0.1, 0.15) is 5.82 Å². The zero-order chi connectivity index (χ0) is 19.0. The van der Waals surface area contributed by atoms with Crippen molar-refractivity contribution in [3.8, 4) is 0 Å². The Bertz CT molecular complexity index is 1020. The van der Waals surface area contributed by atoms with Crippen molar-refractivity contribution in [3.05, 3.63) is 56.2 Å². The van der Waals surface area contributed by atoms with Crippen molar-refractivity contribution >= 4 is 23.3 Å². The molecule has 8 nitrogen and oxygen atoms in total. The second-order valence-electron chi connectivity index (χ2n) is 6.27. The van der Waals surface area contributed by atoms with E-state index in [9.17, 15) is 19.2 Å². The van der Waals surface area contributed by atoms with Crippen LogP contribution in [0.4, 0.5) is 11.5 Å². The monoisotopic (exact) mass is 356 g/mol. The van der Waals surface area contributed by atoms with Crippen LogP contribution in [0.5, 0.6) is 0 Å². The summed E-state index contributed by atoms with van der Waals surface area (Å²) in [5, 5.41) is 5.36. The van der Waals surface area contributed by atoms with E-state index < -0.39 is 29.0 Å². The molecule has 0 saturated heterocycles. The van der Waals surface area contributed by atoms with Gasteiger partial charge < -0.3 is 10.6 Å². The third kappa shape index (κ3) is 2.83. The van der Waals surface area contributed by atoms with E-state index >= 15 is 0 Å². The van der Waals surface area contributed by atoms with Gasteiger partial charge in [0, 0.05) is 26.2 Å². The van der Waals surface area contributed by atoms with Gasteiger partial charge in [0.05, 0.1) is 11.5 Å². The molecule has 1 aliphatic heterocycles. The van der Waals surface area contributed by atoms with Gasteiger partial charge in [-0.05, 0) is 18.1 Å². The van der Waals surface area contributed by atoms with Crippen LogP contribution in [0.3, 0.4) is 0 Å². The fourth-order valence-corrected chi connectivity index (χ4v) is 3.20. The van der Waals surface area contributed by atoms with Crippen LogP contribution in [0.15, 0.2) is 33.9 Å². The Balaban J connectivity index is 2.08. The van der Waals surface area contributed by atoms with Crippen molar-refractivity contribution in [2.24, 2.45) is 14.1 Å². The van der Waals surface area contributed by atoms with Crippen LogP contribution in [0.25, 0.3) is 0 Å². The molecule has 2 amide bonds. The smallest absolute Gasteiger partial charge is 0.325 e. The summed E-state index contributed by atoms with van der Waals surface area (Å²) in [4.78, 5) is 49.6. The average Bonchev–Trinajstić information content (AvgIpc) is 2.64. The van der Waals surface area contributed by atoms with E-state index in [2.05, 4.69) is 10.6 Å². The van der Waals surface area contributed by atoms with Gasteiger partial charge in [-0.3, -0.25) is 23.5 Å². The maximum Gasteiger partial charge on any atom is 0.332 e. The van der Waals surface area contributed by atoms with Crippen LogP contribution in [-0.4, -0.2) is 20.9 Å². The molecule has 2 aromatic rings. The summed E-state index contributed by atoms with van der Waals surface area (Å²) >= 11 is 0. The minimum absolute atomic E-state index is 0.0817. The number of hydrogen-bond acceptors (Lipinski definition) is 4. The molecule has 0 radical (unpaired) electrons. The molecule has 0 aliphatic carbocycles. The van der Waals surface area contributed by atoms with Crippen LogP contribution in [-0.2, 0) is 30.1 Å². The molecule has 0 bridgehead atoms. The number of anilines is 2. The van der Waals surface area contributed by atoms with E-state index in [-0.39, 0.29) is 17.8 Å². The van der Waals surface area contributed by atoms with Crippen molar-refractivity contribution in [1.82, 2.24) is 9.13 Å².